The van der Waals surface area contributed by atoms with Crippen LogP contribution >= 0.6 is 0 Å². The van der Waals surface area contributed by atoms with Crippen LogP contribution in [0.2, 0.25) is 0 Å². The minimum atomic E-state index is 0.188. The van der Waals surface area contributed by atoms with Crippen molar-refractivity contribution in [1.29, 1.82) is 0 Å². The zero-order valence-electron chi connectivity index (χ0n) is 10.5. The summed E-state index contributed by atoms with van der Waals surface area (Å²) in [7, 11) is 4.02. The molecular weight excluding hydrogens is 204 g/mol. The van der Waals surface area contributed by atoms with Gasteiger partial charge in [-0.15, -0.1) is 0 Å². The molecule has 0 bridgehead atoms. The van der Waals surface area contributed by atoms with Crippen molar-refractivity contribution in [2.75, 3.05) is 40.4 Å². The molecular formula is C12H24N2O2. The van der Waals surface area contributed by atoms with Crippen LogP contribution in [0.3, 0.4) is 0 Å². The number of carbonyl (C=O) groups is 1. The fourth-order valence-electron chi connectivity index (χ4n) is 1.88. The van der Waals surface area contributed by atoms with Gasteiger partial charge in [0.15, 0.2) is 0 Å². The highest BCUT2D eigenvalue weighted by molar-refractivity contribution is 5.75. The highest BCUT2D eigenvalue weighted by Crippen LogP contribution is 2.19. The molecule has 1 amide bonds. The monoisotopic (exact) mass is 228 g/mol. The van der Waals surface area contributed by atoms with Crippen LogP contribution in [0.25, 0.3) is 0 Å². The van der Waals surface area contributed by atoms with Crippen molar-refractivity contribution in [1.82, 2.24) is 10.2 Å². The van der Waals surface area contributed by atoms with E-state index in [9.17, 15) is 4.79 Å². The first-order valence-electron chi connectivity index (χ1n) is 6.17. The summed E-state index contributed by atoms with van der Waals surface area (Å²) in [5, 5.41) is 2.94. The lowest BCUT2D eigenvalue weighted by Gasteiger charge is -2.21. The van der Waals surface area contributed by atoms with Crippen LogP contribution in [0.1, 0.15) is 25.7 Å². The molecule has 1 saturated heterocycles. The van der Waals surface area contributed by atoms with E-state index in [-0.39, 0.29) is 5.91 Å². The molecule has 0 aromatic carbocycles. The standard InChI is InChI=1S/C12H24N2O2/c1-14(2)8-7-13-12(15)4-3-11-5-9-16-10-6-11/h11H,3-10H2,1-2H3,(H,13,15). The third-order valence-electron chi connectivity index (χ3n) is 3.00. The van der Waals surface area contributed by atoms with Crippen LogP contribution in [0.5, 0.6) is 0 Å². The van der Waals surface area contributed by atoms with Crippen molar-refractivity contribution < 1.29 is 9.53 Å². The molecule has 0 radical (unpaired) electrons. The average molecular weight is 228 g/mol. The summed E-state index contributed by atoms with van der Waals surface area (Å²) in [5.74, 6) is 0.877. The molecule has 1 fully saturated rings. The fraction of sp³-hybridized carbons (Fsp3) is 0.917. The van der Waals surface area contributed by atoms with E-state index in [0.29, 0.717) is 12.3 Å². The number of ether oxygens (including phenoxy) is 1. The molecule has 1 aliphatic heterocycles. The quantitative estimate of drug-likeness (QED) is 0.733. The Balaban J connectivity index is 2.00. The van der Waals surface area contributed by atoms with Crippen molar-refractivity contribution in [2.45, 2.75) is 25.7 Å². The molecule has 1 N–H and O–H groups in total. The first-order valence-corrected chi connectivity index (χ1v) is 6.17. The van der Waals surface area contributed by atoms with E-state index in [2.05, 4.69) is 10.2 Å². The smallest absolute Gasteiger partial charge is 0.220 e. The number of hydrogen-bond donors (Lipinski definition) is 1. The van der Waals surface area contributed by atoms with Gasteiger partial charge in [-0.25, -0.2) is 0 Å². The van der Waals surface area contributed by atoms with Gasteiger partial charge in [0, 0.05) is 32.7 Å². The van der Waals surface area contributed by atoms with E-state index < -0.39 is 0 Å². The number of amides is 1. The second-order valence-corrected chi connectivity index (χ2v) is 4.75. The van der Waals surface area contributed by atoms with E-state index in [0.717, 1.165) is 45.6 Å². The normalized spacial score (nSPS) is 17.7. The molecule has 1 aliphatic rings. The van der Waals surface area contributed by atoms with E-state index in [1.807, 2.05) is 14.1 Å². The molecule has 1 heterocycles. The highest BCUT2D eigenvalue weighted by Gasteiger charge is 2.14. The van der Waals surface area contributed by atoms with Crippen molar-refractivity contribution in [3.63, 3.8) is 0 Å². The minimum absolute atomic E-state index is 0.188. The first kappa shape index (κ1) is 13.5. The Bertz CT molecular complexity index is 201. The van der Waals surface area contributed by atoms with Crippen LogP contribution in [-0.2, 0) is 9.53 Å². The largest absolute Gasteiger partial charge is 0.381 e. The van der Waals surface area contributed by atoms with Crippen LogP contribution in [0.4, 0.5) is 0 Å². The number of rotatable bonds is 6. The number of carbonyl (C=O) groups excluding carboxylic acids is 1. The van der Waals surface area contributed by atoms with Gasteiger partial charge in [0.05, 0.1) is 0 Å². The zero-order valence-corrected chi connectivity index (χ0v) is 10.5. The Labute approximate surface area is 98.3 Å². The number of nitrogens with one attached hydrogen (secondary N) is 1. The van der Waals surface area contributed by atoms with E-state index in [1.165, 1.54) is 0 Å². The summed E-state index contributed by atoms with van der Waals surface area (Å²) >= 11 is 0. The Morgan fingerprint density at radius 2 is 2.06 bits per heavy atom. The fourth-order valence-corrected chi connectivity index (χ4v) is 1.88. The number of likely N-dealkylation sites (N-methyl/N-ethyl adjacent to an activating group) is 1. The molecule has 4 nitrogen and oxygen atoms in total. The topological polar surface area (TPSA) is 41.6 Å². The second-order valence-electron chi connectivity index (χ2n) is 4.75. The lowest BCUT2D eigenvalue weighted by Crippen LogP contribution is -2.31. The van der Waals surface area contributed by atoms with Gasteiger partial charge in [0.25, 0.3) is 0 Å². The Morgan fingerprint density at radius 3 is 2.69 bits per heavy atom. The zero-order chi connectivity index (χ0) is 11.8. The molecule has 16 heavy (non-hydrogen) atoms. The van der Waals surface area contributed by atoms with Crippen LogP contribution in [0, 0.1) is 5.92 Å². The third kappa shape index (κ3) is 6.08. The molecule has 4 heteroatoms. The number of nitrogens with zero attached hydrogens (tertiary/aromatic N) is 1. The summed E-state index contributed by atoms with van der Waals surface area (Å²) in [6.45, 7) is 3.39. The summed E-state index contributed by atoms with van der Waals surface area (Å²) in [5.41, 5.74) is 0. The molecule has 0 aromatic rings. The summed E-state index contributed by atoms with van der Waals surface area (Å²) in [6.07, 6.45) is 3.91. The van der Waals surface area contributed by atoms with Gasteiger partial charge in [-0.1, -0.05) is 0 Å². The average Bonchev–Trinajstić information content (AvgIpc) is 2.27. The maximum Gasteiger partial charge on any atom is 0.220 e. The van der Waals surface area contributed by atoms with Crippen molar-refractivity contribution in [3.05, 3.63) is 0 Å². The van der Waals surface area contributed by atoms with Crippen LogP contribution < -0.4 is 5.32 Å². The maximum absolute atomic E-state index is 11.5. The van der Waals surface area contributed by atoms with Gasteiger partial charge < -0.3 is 15.0 Å². The van der Waals surface area contributed by atoms with Gasteiger partial charge >= 0.3 is 0 Å². The SMILES string of the molecule is CN(C)CCNC(=O)CCC1CCOCC1. The van der Waals surface area contributed by atoms with Crippen molar-refractivity contribution >= 4 is 5.91 Å². The molecule has 0 aliphatic carbocycles. The predicted molar refractivity (Wildman–Crippen MR) is 64.3 cm³/mol. The molecule has 1 rings (SSSR count). The van der Waals surface area contributed by atoms with Crippen LogP contribution in [-0.4, -0.2) is 51.2 Å². The maximum atomic E-state index is 11.5. The van der Waals surface area contributed by atoms with E-state index in [4.69, 9.17) is 4.74 Å². The summed E-state index contributed by atoms with van der Waals surface area (Å²) in [6, 6.07) is 0. The summed E-state index contributed by atoms with van der Waals surface area (Å²) < 4.78 is 5.29. The molecule has 0 saturated carbocycles. The van der Waals surface area contributed by atoms with E-state index >= 15 is 0 Å². The minimum Gasteiger partial charge on any atom is -0.381 e. The lowest BCUT2D eigenvalue weighted by molar-refractivity contribution is -0.121. The van der Waals surface area contributed by atoms with Gasteiger partial charge in [-0.3, -0.25) is 4.79 Å². The molecule has 94 valence electrons. The lowest BCUT2D eigenvalue weighted by atomic mass is 9.95. The van der Waals surface area contributed by atoms with Crippen molar-refractivity contribution in [2.24, 2.45) is 5.92 Å². The molecule has 0 unspecified atom stereocenters. The Kier molecular flexibility index (Phi) is 6.42. The second kappa shape index (κ2) is 7.63. The Morgan fingerprint density at radius 1 is 1.38 bits per heavy atom. The van der Waals surface area contributed by atoms with Gasteiger partial charge in [0.2, 0.25) is 5.91 Å². The van der Waals surface area contributed by atoms with Gasteiger partial charge in [-0.05, 0) is 39.3 Å². The van der Waals surface area contributed by atoms with Gasteiger partial charge in [-0.2, -0.15) is 0 Å². The molecule has 0 spiro atoms. The van der Waals surface area contributed by atoms with Crippen molar-refractivity contribution in [3.8, 4) is 0 Å². The summed E-state index contributed by atoms with van der Waals surface area (Å²) in [4.78, 5) is 13.6. The third-order valence-corrected chi connectivity index (χ3v) is 3.00. The van der Waals surface area contributed by atoms with Gasteiger partial charge in [0.1, 0.15) is 0 Å². The predicted octanol–water partition coefficient (Wildman–Crippen LogP) is 0.871. The highest BCUT2D eigenvalue weighted by atomic mass is 16.5. The van der Waals surface area contributed by atoms with Crippen LogP contribution in [0.15, 0.2) is 0 Å². The van der Waals surface area contributed by atoms with E-state index in [1.54, 1.807) is 0 Å². The molecule has 0 atom stereocenters. The molecule has 0 aromatic heterocycles. The first-order chi connectivity index (χ1) is 7.68. The number of hydrogen-bond acceptors (Lipinski definition) is 3. The Hall–Kier alpha value is -0.610.